The molecule has 3 aromatic rings. The van der Waals surface area contributed by atoms with Gasteiger partial charge in [-0.05, 0) is 37.5 Å². The third-order valence-electron chi connectivity index (χ3n) is 6.98. The molecule has 5 rings (SSSR count). The summed E-state index contributed by atoms with van der Waals surface area (Å²) in [5, 5.41) is 3.26. The summed E-state index contributed by atoms with van der Waals surface area (Å²) in [4.78, 5) is 29.1. The molecule has 0 saturated heterocycles. The molecule has 32 heavy (non-hydrogen) atoms. The maximum atomic E-state index is 13.7. The summed E-state index contributed by atoms with van der Waals surface area (Å²) in [6.45, 7) is 2.59. The van der Waals surface area contributed by atoms with E-state index in [4.69, 9.17) is 9.15 Å². The van der Waals surface area contributed by atoms with Gasteiger partial charge in [-0.1, -0.05) is 31.4 Å². The zero-order valence-electron chi connectivity index (χ0n) is 18.6. The van der Waals surface area contributed by atoms with Crippen LogP contribution < -0.4 is 10.1 Å². The van der Waals surface area contributed by atoms with Crippen LogP contribution in [-0.2, 0) is 17.9 Å². The van der Waals surface area contributed by atoms with E-state index in [9.17, 15) is 9.59 Å². The lowest BCUT2D eigenvalue weighted by atomic mass is 9.91. The Labute approximate surface area is 187 Å². The van der Waals surface area contributed by atoms with Crippen LogP contribution in [0.4, 0.5) is 0 Å². The minimum Gasteiger partial charge on any atom is -0.497 e. The standard InChI is InChI=1S/C25H29N3O4/c1-25(24(30)26-18-6-4-3-5-7-18)16-27-20-12-13-32-22(20)14-21(27)23(29)28(25)15-17-8-10-19(31-2)11-9-17/h8-14,18H,3-7,15-16H2,1-2H3,(H,26,30)/t25-/m1/s1. The number of ether oxygens (including phenoxy) is 1. The van der Waals surface area contributed by atoms with Crippen molar-refractivity contribution in [1.29, 1.82) is 0 Å². The van der Waals surface area contributed by atoms with Crippen LogP contribution in [0, 0.1) is 0 Å². The largest absolute Gasteiger partial charge is 0.497 e. The van der Waals surface area contributed by atoms with Crippen molar-refractivity contribution in [3.63, 3.8) is 0 Å². The van der Waals surface area contributed by atoms with Crippen LogP contribution in [0.15, 0.2) is 47.1 Å². The number of hydrogen-bond acceptors (Lipinski definition) is 4. The number of fused-ring (bicyclic) bond motifs is 3. The average molecular weight is 436 g/mol. The van der Waals surface area contributed by atoms with E-state index in [1.54, 1.807) is 24.3 Å². The summed E-state index contributed by atoms with van der Waals surface area (Å²) in [5.41, 5.74) is 1.98. The van der Waals surface area contributed by atoms with Crippen LogP contribution in [0.5, 0.6) is 5.75 Å². The van der Waals surface area contributed by atoms with E-state index in [1.165, 1.54) is 6.42 Å². The molecule has 0 radical (unpaired) electrons. The van der Waals surface area contributed by atoms with E-state index in [1.807, 2.05) is 41.8 Å². The molecule has 0 bridgehead atoms. The highest BCUT2D eigenvalue weighted by atomic mass is 16.5. The highest BCUT2D eigenvalue weighted by Crippen LogP contribution is 2.34. The van der Waals surface area contributed by atoms with E-state index >= 15 is 0 Å². The van der Waals surface area contributed by atoms with Gasteiger partial charge in [0.1, 0.15) is 17.0 Å². The first-order valence-electron chi connectivity index (χ1n) is 11.3. The molecule has 1 aliphatic heterocycles. The Morgan fingerprint density at radius 3 is 2.66 bits per heavy atom. The molecule has 1 aliphatic carbocycles. The first kappa shape index (κ1) is 20.7. The van der Waals surface area contributed by atoms with Crippen molar-refractivity contribution >= 4 is 22.9 Å². The van der Waals surface area contributed by atoms with Gasteiger partial charge in [-0.25, -0.2) is 0 Å². The van der Waals surface area contributed by atoms with Crippen LogP contribution >= 0.6 is 0 Å². The number of furan rings is 1. The topological polar surface area (TPSA) is 76.7 Å². The van der Waals surface area contributed by atoms with Gasteiger partial charge in [-0.3, -0.25) is 9.59 Å². The number of benzene rings is 1. The Hall–Kier alpha value is -3.22. The molecule has 0 spiro atoms. The maximum absolute atomic E-state index is 13.7. The zero-order chi connectivity index (χ0) is 22.3. The van der Waals surface area contributed by atoms with Gasteiger partial charge in [0, 0.05) is 24.7 Å². The predicted octanol–water partition coefficient (Wildman–Crippen LogP) is 4.11. The minimum absolute atomic E-state index is 0.0951. The van der Waals surface area contributed by atoms with Gasteiger partial charge in [-0.15, -0.1) is 0 Å². The number of nitrogens with one attached hydrogen (secondary N) is 1. The minimum atomic E-state index is -1.02. The normalized spacial score (nSPS) is 21.6. The number of methoxy groups -OCH3 is 1. The van der Waals surface area contributed by atoms with E-state index in [-0.39, 0.29) is 17.9 Å². The van der Waals surface area contributed by atoms with E-state index in [0.717, 1.165) is 42.5 Å². The molecule has 1 aromatic carbocycles. The third kappa shape index (κ3) is 3.45. The summed E-state index contributed by atoms with van der Waals surface area (Å²) in [6, 6.07) is 11.4. The molecule has 7 heteroatoms. The molecule has 7 nitrogen and oxygen atoms in total. The fourth-order valence-electron chi connectivity index (χ4n) is 5.02. The molecule has 1 fully saturated rings. The maximum Gasteiger partial charge on any atom is 0.271 e. The predicted molar refractivity (Wildman–Crippen MR) is 120 cm³/mol. The van der Waals surface area contributed by atoms with Crippen LogP contribution in [0.1, 0.15) is 55.1 Å². The summed E-state index contributed by atoms with van der Waals surface area (Å²) in [6.07, 6.45) is 7.09. The molecule has 2 aromatic heterocycles. The number of carbonyl (C=O) groups is 2. The van der Waals surface area contributed by atoms with Gasteiger partial charge in [-0.2, -0.15) is 0 Å². The Bertz CT molecular complexity index is 1140. The third-order valence-corrected chi connectivity index (χ3v) is 6.98. The quantitative estimate of drug-likeness (QED) is 0.654. The molecule has 2 amide bonds. The number of amides is 2. The number of rotatable bonds is 5. The molecular formula is C25H29N3O4. The lowest BCUT2D eigenvalue weighted by Crippen LogP contribution is -2.64. The first-order chi connectivity index (χ1) is 15.5. The highest BCUT2D eigenvalue weighted by molar-refractivity contribution is 6.02. The van der Waals surface area contributed by atoms with Crippen molar-refractivity contribution in [1.82, 2.24) is 14.8 Å². The van der Waals surface area contributed by atoms with Gasteiger partial charge in [0.25, 0.3) is 5.91 Å². The molecule has 1 atom stereocenters. The van der Waals surface area contributed by atoms with E-state index in [0.29, 0.717) is 24.4 Å². The number of nitrogens with zero attached hydrogens (tertiary/aromatic N) is 2. The average Bonchev–Trinajstić information content (AvgIpc) is 3.40. The lowest BCUT2D eigenvalue weighted by molar-refractivity contribution is -0.134. The summed E-state index contributed by atoms with van der Waals surface area (Å²) < 4.78 is 12.7. The Morgan fingerprint density at radius 1 is 1.19 bits per heavy atom. The summed E-state index contributed by atoms with van der Waals surface area (Å²) >= 11 is 0. The zero-order valence-corrected chi connectivity index (χ0v) is 18.6. The van der Waals surface area contributed by atoms with Crippen molar-refractivity contribution in [3.8, 4) is 5.75 Å². The van der Waals surface area contributed by atoms with E-state index in [2.05, 4.69) is 5.32 Å². The van der Waals surface area contributed by atoms with Gasteiger partial charge in [0.05, 0.1) is 25.4 Å². The second-order valence-electron chi connectivity index (χ2n) is 9.11. The Morgan fingerprint density at radius 2 is 1.94 bits per heavy atom. The van der Waals surface area contributed by atoms with Crippen LogP contribution in [0.2, 0.25) is 0 Å². The fourth-order valence-corrected chi connectivity index (χ4v) is 5.02. The Kier molecular flexibility index (Phi) is 5.19. The van der Waals surface area contributed by atoms with Gasteiger partial charge in [0.15, 0.2) is 5.58 Å². The van der Waals surface area contributed by atoms with Gasteiger partial charge in [0.2, 0.25) is 5.91 Å². The van der Waals surface area contributed by atoms with Gasteiger partial charge >= 0.3 is 0 Å². The lowest BCUT2D eigenvalue weighted by Gasteiger charge is -2.44. The fraction of sp³-hybridized carbons (Fsp3) is 0.440. The van der Waals surface area contributed by atoms with Crippen molar-refractivity contribution < 1.29 is 18.7 Å². The van der Waals surface area contributed by atoms with Crippen molar-refractivity contribution in [2.45, 2.75) is 63.7 Å². The monoisotopic (exact) mass is 435 g/mol. The second kappa shape index (κ2) is 8.04. The van der Waals surface area contributed by atoms with Crippen molar-refractivity contribution in [2.75, 3.05) is 7.11 Å². The molecule has 0 unspecified atom stereocenters. The number of aromatic nitrogens is 1. The van der Waals surface area contributed by atoms with E-state index < -0.39 is 5.54 Å². The molecular weight excluding hydrogens is 406 g/mol. The molecule has 1 N–H and O–H groups in total. The second-order valence-corrected chi connectivity index (χ2v) is 9.11. The molecule has 3 heterocycles. The molecule has 2 aliphatic rings. The van der Waals surface area contributed by atoms with Crippen molar-refractivity contribution in [3.05, 3.63) is 53.9 Å². The summed E-state index contributed by atoms with van der Waals surface area (Å²) in [7, 11) is 1.62. The molecule has 168 valence electrons. The summed E-state index contributed by atoms with van der Waals surface area (Å²) in [5.74, 6) is 0.493. The van der Waals surface area contributed by atoms with Crippen molar-refractivity contribution in [2.24, 2.45) is 0 Å². The van der Waals surface area contributed by atoms with Gasteiger partial charge < -0.3 is 23.9 Å². The smallest absolute Gasteiger partial charge is 0.271 e. The first-order valence-corrected chi connectivity index (χ1v) is 11.3. The highest BCUT2D eigenvalue weighted by Gasteiger charge is 2.48. The van der Waals surface area contributed by atoms with Crippen LogP contribution in [0.3, 0.4) is 0 Å². The Balaban J connectivity index is 1.51. The van der Waals surface area contributed by atoms with Crippen LogP contribution in [0.25, 0.3) is 11.1 Å². The number of hydrogen-bond donors (Lipinski definition) is 1. The van der Waals surface area contributed by atoms with Crippen LogP contribution in [-0.4, -0.2) is 40.0 Å². The number of carbonyl (C=O) groups excluding carboxylic acids is 2. The SMILES string of the molecule is COc1ccc(CN2C(=O)c3cc4occc4n3C[C@]2(C)C(=O)NC2CCCCC2)cc1. The molecule has 1 saturated carbocycles.